The molecule has 0 aromatic heterocycles. The molecular weight excluding hydrogens is 263 g/mol. The average Bonchev–Trinajstić information content (AvgIpc) is 2.34. The molecule has 4 heteroatoms. The van der Waals surface area contributed by atoms with Crippen LogP contribution in [0.2, 0.25) is 5.02 Å². The molecule has 0 unspecified atom stereocenters. The summed E-state index contributed by atoms with van der Waals surface area (Å²) in [5.74, 6) is -0.330. The Bertz CT molecular complexity index is 436. The molecule has 1 aliphatic heterocycles. The minimum absolute atomic E-state index is 0.0532. The lowest BCUT2D eigenvalue weighted by Gasteiger charge is -2.42. The monoisotopic (exact) mass is 284 g/mol. The van der Waals surface area contributed by atoms with Crippen LogP contribution < -0.4 is 5.32 Å². The first kappa shape index (κ1) is 14.8. The Balaban J connectivity index is 2.33. The van der Waals surface area contributed by atoms with Gasteiger partial charge in [0.1, 0.15) is 5.82 Å². The van der Waals surface area contributed by atoms with Crippen molar-refractivity contribution in [2.75, 3.05) is 26.2 Å². The molecular formula is C15H22ClFN2. The Hall–Kier alpha value is -0.640. The van der Waals surface area contributed by atoms with Gasteiger partial charge in [0.25, 0.3) is 0 Å². The van der Waals surface area contributed by atoms with Crippen molar-refractivity contribution in [1.82, 2.24) is 10.2 Å². The number of hydrogen-bond acceptors (Lipinski definition) is 2. The Morgan fingerprint density at radius 3 is 2.42 bits per heavy atom. The topological polar surface area (TPSA) is 15.3 Å². The summed E-state index contributed by atoms with van der Waals surface area (Å²) in [5, 5.41) is 3.55. The zero-order chi connectivity index (χ0) is 14.0. The second-order valence-electron chi connectivity index (χ2n) is 6.23. The number of benzene rings is 1. The van der Waals surface area contributed by atoms with E-state index in [1.165, 1.54) is 0 Å². The molecule has 19 heavy (non-hydrogen) atoms. The summed E-state index contributed by atoms with van der Waals surface area (Å²) in [6.07, 6.45) is 0. The van der Waals surface area contributed by atoms with E-state index in [2.05, 4.69) is 31.0 Å². The van der Waals surface area contributed by atoms with E-state index in [1.807, 2.05) is 6.07 Å². The van der Waals surface area contributed by atoms with E-state index in [9.17, 15) is 4.39 Å². The molecule has 0 aliphatic carbocycles. The van der Waals surface area contributed by atoms with E-state index in [0.717, 1.165) is 31.7 Å². The van der Waals surface area contributed by atoms with Crippen LogP contribution >= 0.6 is 11.6 Å². The lowest BCUT2D eigenvalue weighted by Crippen LogP contribution is -2.48. The molecule has 1 aromatic rings. The minimum Gasteiger partial charge on any atom is -0.314 e. The normalized spacial score (nSPS) is 19.4. The van der Waals surface area contributed by atoms with Crippen LogP contribution in [0.5, 0.6) is 0 Å². The van der Waals surface area contributed by atoms with E-state index < -0.39 is 0 Å². The lowest BCUT2D eigenvalue weighted by atomic mass is 9.81. The second kappa shape index (κ2) is 5.78. The molecule has 0 saturated carbocycles. The zero-order valence-corrected chi connectivity index (χ0v) is 12.6. The molecule has 2 nitrogen and oxygen atoms in total. The average molecular weight is 285 g/mol. The van der Waals surface area contributed by atoms with Gasteiger partial charge in [0.2, 0.25) is 0 Å². The van der Waals surface area contributed by atoms with Crippen molar-refractivity contribution >= 4 is 11.6 Å². The van der Waals surface area contributed by atoms with Crippen molar-refractivity contribution in [2.45, 2.75) is 26.8 Å². The van der Waals surface area contributed by atoms with Crippen molar-refractivity contribution in [3.05, 3.63) is 34.6 Å². The van der Waals surface area contributed by atoms with Gasteiger partial charge in [-0.15, -0.1) is 0 Å². The van der Waals surface area contributed by atoms with Gasteiger partial charge in [-0.25, -0.2) is 4.39 Å². The minimum atomic E-state index is -0.330. The molecule has 0 radical (unpaired) electrons. The van der Waals surface area contributed by atoms with E-state index in [1.54, 1.807) is 12.1 Å². The maximum atomic E-state index is 13.7. The van der Waals surface area contributed by atoms with Crippen LogP contribution in [0.1, 0.15) is 32.4 Å². The SMILES string of the molecule is CC(C)(C)[C@H](c1ccc(Cl)c(F)c1)N1CCNCC1. The van der Waals surface area contributed by atoms with E-state index in [4.69, 9.17) is 11.6 Å². The number of nitrogens with zero attached hydrogens (tertiary/aromatic N) is 1. The highest BCUT2D eigenvalue weighted by Crippen LogP contribution is 2.38. The predicted molar refractivity (Wildman–Crippen MR) is 78.0 cm³/mol. The maximum absolute atomic E-state index is 13.7. The van der Waals surface area contributed by atoms with Crippen LogP contribution in [0.15, 0.2) is 18.2 Å². The smallest absolute Gasteiger partial charge is 0.142 e. The number of rotatable bonds is 2. The first-order valence-electron chi connectivity index (χ1n) is 6.79. The van der Waals surface area contributed by atoms with Crippen molar-refractivity contribution < 1.29 is 4.39 Å². The quantitative estimate of drug-likeness (QED) is 0.895. The molecule has 0 amide bonds. The van der Waals surface area contributed by atoms with Gasteiger partial charge in [0.05, 0.1) is 5.02 Å². The summed E-state index contributed by atoms with van der Waals surface area (Å²) in [5.41, 5.74) is 1.06. The summed E-state index contributed by atoms with van der Waals surface area (Å²) >= 11 is 5.79. The lowest BCUT2D eigenvalue weighted by molar-refractivity contribution is 0.0860. The third-order valence-electron chi connectivity index (χ3n) is 3.60. The van der Waals surface area contributed by atoms with Gasteiger partial charge in [-0.05, 0) is 23.1 Å². The summed E-state index contributed by atoms with van der Waals surface area (Å²) in [4.78, 5) is 2.43. The number of hydrogen-bond donors (Lipinski definition) is 1. The highest BCUT2D eigenvalue weighted by molar-refractivity contribution is 6.30. The molecule has 2 rings (SSSR count). The first-order valence-corrected chi connectivity index (χ1v) is 7.17. The summed E-state index contributed by atoms with van der Waals surface area (Å²) < 4.78 is 13.7. The number of nitrogens with one attached hydrogen (secondary N) is 1. The molecule has 1 aromatic carbocycles. The van der Waals surface area contributed by atoms with Crippen LogP contribution in [0, 0.1) is 11.2 Å². The van der Waals surface area contributed by atoms with Crippen molar-refractivity contribution in [2.24, 2.45) is 5.41 Å². The fraction of sp³-hybridized carbons (Fsp3) is 0.600. The van der Waals surface area contributed by atoms with Crippen molar-refractivity contribution in [3.8, 4) is 0 Å². The van der Waals surface area contributed by atoms with Crippen LogP contribution in [0.25, 0.3) is 0 Å². The Morgan fingerprint density at radius 1 is 1.26 bits per heavy atom. The maximum Gasteiger partial charge on any atom is 0.142 e. The van der Waals surface area contributed by atoms with Gasteiger partial charge in [-0.3, -0.25) is 4.90 Å². The standard InChI is InChI=1S/C15H22ClFN2/c1-15(2,3)14(19-8-6-18-7-9-19)11-4-5-12(16)13(17)10-11/h4-5,10,14,18H,6-9H2,1-3H3/t14-/m0/s1. The largest absolute Gasteiger partial charge is 0.314 e. The van der Waals surface area contributed by atoms with Crippen molar-refractivity contribution in [3.63, 3.8) is 0 Å². The van der Waals surface area contributed by atoms with E-state index in [0.29, 0.717) is 0 Å². The third-order valence-corrected chi connectivity index (χ3v) is 3.90. The first-order chi connectivity index (χ1) is 8.89. The van der Waals surface area contributed by atoms with Gasteiger partial charge >= 0.3 is 0 Å². The molecule has 1 aliphatic rings. The van der Waals surface area contributed by atoms with Gasteiger partial charge in [-0.1, -0.05) is 38.4 Å². The van der Waals surface area contributed by atoms with Crippen LogP contribution in [0.3, 0.4) is 0 Å². The predicted octanol–water partition coefficient (Wildman–Crippen LogP) is 3.47. The molecule has 1 fully saturated rings. The Kier molecular flexibility index (Phi) is 4.49. The molecule has 0 spiro atoms. The van der Waals surface area contributed by atoms with Crippen molar-refractivity contribution in [1.29, 1.82) is 0 Å². The van der Waals surface area contributed by atoms with Crippen LogP contribution in [-0.4, -0.2) is 31.1 Å². The molecule has 1 heterocycles. The third kappa shape index (κ3) is 3.47. The van der Waals surface area contributed by atoms with E-state index >= 15 is 0 Å². The van der Waals surface area contributed by atoms with Crippen LogP contribution in [-0.2, 0) is 0 Å². The summed E-state index contributed by atoms with van der Waals surface area (Å²) in [7, 11) is 0. The fourth-order valence-corrected chi connectivity index (χ4v) is 3.00. The highest BCUT2D eigenvalue weighted by Gasteiger charge is 2.32. The zero-order valence-electron chi connectivity index (χ0n) is 11.8. The summed E-state index contributed by atoms with van der Waals surface area (Å²) in [6.45, 7) is 10.6. The number of piperazine rings is 1. The molecule has 0 bridgehead atoms. The molecule has 106 valence electrons. The number of halogens is 2. The highest BCUT2D eigenvalue weighted by atomic mass is 35.5. The molecule has 1 saturated heterocycles. The van der Waals surface area contributed by atoms with Gasteiger partial charge in [0, 0.05) is 32.2 Å². The van der Waals surface area contributed by atoms with Crippen LogP contribution in [0.4, 0.5) is 4.39 Å². The summed E-state index contributed by atoms with van der Waals surface area (Å²) in [6, 6.07) is 5.40. The molecule has 1 N–H and O–H groups in total. The van der Waals surface area contributed by atoms with E-state index in [-0.39, 0.29) is 22.3 Å². The van der Waals surface area contributed by atoms with Gasteiger partial charge in [-0.2, -0.15) is 0 Å². The molecule has 1 atom stereocenters. The Morgan fingerprint density at radius 2 is 1.89 bits per heavy atom. The van der Waals surface area contributed by atoms with Gasteiger partial charge < -0.3 is 5.32 Å². The second-order valence-corrected chi connectivity index (χ2v) is 6.64. The Labute approximate surface area is 119 Å². The fourth-order valence-electron chi connectivity index (χ4n) is 2.88. The van der Waals surface area contributed by atoms with Gasteiger partial charge in [0.15, 0.2) is 0 Å².